The SMILES string of the molecule is Cc1c(N)cccc1SCC(=O)N1CCCC1=O. The first-order valence-electron chi connectivity index (χ1n) is 5.90. The first kappa shape index (κ1) is 13.0. The Bertz CT molecular complexity index is 488. The van der Waals surface area contributed by atoms with Crippen LogP contribution in [0.5, 0.6) is 0 Å². The van der Waals surface area contributed by atoms with Crippen LogP contribution >= 0.6 is 11.8 Å². The summed E-state index contributed by atoms with van der Waals surface area (Å²) in [6.07, 6.45) is 1.28. The zero-order chi connectivity index (χ0) is 13.1. The number of carbonyl (C=O) groups is 2. The third-order valence-corrected chi connectivity index (χ3v) is 4.20. The van der Waals surface area contributed by atoms with Gasteiger partial charge in [-0.05, 0) is 31.0 Å². The summed E-state index contributed by atoms with van der Waals surface area (Å²) in [6, 6.07) is 5.65. The quantitative estimate of drug-likeness (QED) is 0.668. The van der Waals surface area contributed by atoms with Crippen LogP contribution in [0.2, 0.25) is 0 Å². The molecule has 0 aromatic heterocycles. The lowest BCUT2D eigenvalue weighted by Gasteiger charge is -2.13. The van der Waals surface area contributed by atoms with E-state index in [-0.39, 0.29) is 17.6 Å². The molecule has 1 aliphatic heterocycles. The Balaban J connectivity index is 1.97. The Kier molecular flexibility index (Phi) is 3.91. The zero-order valence-electron chi connectivity index (χ0n) is 10.3. The molecule has 18 heavy (non-hydrogen) atoms. The Morgan fingerprint density at radius 2 is 2.28 bits per heavy atom. The van der Waals surface area contributed by atoms with Gasteiger partial charge >= 0.3 is 0 Å². The van der Waals surface area contributed by atoms with Crippen molar-refractivity contribution in [1.82, 2.24) is 4.90 Å². The highest BCUT2D eigenvalue weighted by Crippen LogP contribution is 2.26. The molecule has 1 aromatic rings. The minimum absolute atomic E-state index is 0.0510. The van der Waals surface area contributed by atoms with Gasteiger partial charge in [-0.3, -0.25) is 14.5 Å². The molecular weight excluding hydrogens is 248 g/mol. The summed E-state index contributed by atoms with van der Waals surface area (Å²) in [5.74, 6) is 0.130. The van der Waals surface area contributed by atoms with E-state index in [4.69, 9.17) is 5.73 Å². The second-order valence-corrected chi connectivity index (χ2v) is 5.32. The van der Waals surface area contributed by atoms with Gasteiger partial charge < -0.3 is 5.73 Å². The van der Waals surface area contributed by atoms with Gasteiger partial charge in [0.25, 0.3) is 0 Å². The van der Waals surface area contributed by atoms with Crippen molar-refractivity contribution < 1.29 is 9.59 Å². The molecule has 1 fully saturated rings. The van der Waals surface area contributed by atoms with Gasteiger partial charge in [-0.15, -0.1) is 11.8 Å². The van der Waals surface area contributed by atoms with E-state index in [1.54, 1.807) is 0 Å². The van der Waals surface area contributed by atoms with Gasteiger partial charge in [-0.2, -0.15) is 0 Å². The number of imide groups is 1. The maximum atomic E-state index is 11.9. The van der Waals surface area contributed by atoms with Crippen molar-refractivity contribution in [3.8, 4) is 0 Å². The predicted octanol–water partition coefficient (Wildman–Crippen LogP) is 1.82. The summed E-state index contributed by atoms with van der Waals surface area (Å²) in [5.41, 5.74) is 7.52. The number of nitrogens with zero attached hydrogens (tertiary/aromatic N) is 1. The molecule has 2 N–H and O–H groups in total. The van der Waals surface area contributed by atoms with Crippen LogP contribution < -0.4 is 5.73 Å². The number of hydrogen-bond donors (Lipinski definition) is 1. The molecule has 0 radical (unpaired) electrons. The summed E-state index contributed by atoms with van der Waals surface area (Å²) < 4.78 is 0. The molecule has 5 heteroatoms. The molecule has 0 spiro atoms. The van der Waals surface area contributed by atoms with Gasteiger partial charge in [0.2, 0.25) is 11.8 Å². The molecular formula is C13H16N2O2S. The van der Waals surface area contributed by atoms with E-state index in [0.717, 1.165) is 22.6 Å². The van der Waals surface area contributed by atoms with Crippen LogP contribution in [0, 0.1) is 6.92 Å². The van der Waals surface area contributed by atoms with Crippen LogP contribution in [0.3, 0.4) is 0 Å². The summed E-state index contributed by atoms with van der Waals surface area (Å²) in [7, 11) is 0. The minimum atomic E-state index is -0.107. The largest absolute Gasteiger partial charge is 0.398 e. The molecule has 1 aliphatic rings. The van der Waals surface area contributed by atoms with E-state index in [2.05, 4.69) is 0 Å². The van der Waals surface area contributed by atoms with E-state index < -0.39 is 0 Å². The smallest absolute Gasteiger partial charge is 0.239 e. The molecule has 0 atom stereocenters. The van der Waals surface area contributed by atoms with Crippen LogP contribution in [0.25, 0.3) is 0 Å². The number of nitrogen functional groups attached to an aromatic ring is 1. The highest BCUT2D eigenvalue weighted by atomic mass is 32.2. The van der Waals surface area contributed by atoms with Gasteiger partial charge in [0.05, 0.1) is 5.75 Å². The van der Waals surface area contributed by atoms with Crippen molar-refractivity contribution in [3.05, 3.63) is 23.8 Å². The van der Waals surface area contributed by atoms with Gasteiger partial charge in [0.15, 0.2) is 0 Å². The average molecular weight is 264 g/mol. The molecule has 96 valence electrons. The Hall–Kier alpha value is -1.49. The zero-order valence-corrected chi connectivity index (χ0v) is 11.1. The third-order valence-electron chi connectivity index (χ3n) is 3.05. The monoisotopic (exact) mass is 264 g/mol. The molecule has 4 nitrogen and oxygen atoms in total. The molecule has 0 bridgehead atoms. The number of hydrogen-bond acceptors (Lipinski definition) is 4. The first-order valence-corrected chi connectivity index (χ1v) is 6.89. The van der Waals surface area contributed by atoms with Crippen molar-refractivity contribution in [3.63, 3.8) is 0 Å². The molecule has 2 amide bonds. The molecule has 1 aromatic carbocycles. The van der Waals surface area contributed by atoms with Crippen LogP contribution in [0.15, 0.2) is 23.1 Å². The fraction of sp³-hybridized carbons (Fsp3) is 0.385. The van der Waals surface area contributed by atoms with Crippen molar-refractivity contribution in [2.45, 2.75) is 24.7 Å². The van der Waals surface area contributed by atoms with Gasteiger partial charge in [0.1, 0.15) is 0 Å². The summed E-state index contributed by atoms with van der Waals surface area (Å²) in [4.78, 5) is 25.7. The first-order chi connectivity index (χ1) is 8.59. The normalized spacial score (nSPS) is 15.2. The average Bonchev–Trinajstić information content (AvgIpc) is 2.77. The Labute approximate surface area is 111 Å². The number of amides is 2. The van der Waals surface area contributed by atoms with Crippen LogP contribution in [-0.2, 0) is 9.59 Å². The Morgan fingerprint density at radius 1 is 1.50 bits per heavy atom. The second-order valence-electron chi connectivity index (χ2n) is 4.30. The Morgan fingerprint density at radius 3 is 2.94 bits per heavy atom. The maximum absolute atomic E-state index is 11.9. The van der Waals surface area contributed by atoms with E-state index in [1.807, 2.05) is 25.1 Å². The van der Waals surface area contributed by atoms with Crippen LogP contribution in [0.1, 0.15) is 18.4 Å². The van der Waals surface area contributed by atoms with Gasteiger partial charge in [-0.1, -0.05) is 6.07 Å². The molecule has 1 saturated heterocycles. The van der Waals surface area contributed by atoms with Crippen molar-refractivity contribution in [1.29, 1.82) is 0 Å². The molecule has 2 rings (SSSR count). The highest BCUT2D eigenvalue weighted by Gasteiger charge is 2.26. The van der Waals surface area contributed by atoms with Gasteiger partial charge in [0, 0.05) is 23.5 Å². The summed E-state index contributed by atoms with van der Waals surface area (Å²) in [5, 5.41) is 0. The van der Waals surface area contributed by atoms with Crippen molar-refractivity contribution >= 4 is 29.3 Å². The minimum Gasteiger partial charge on any atom is -0.398 e. The summed E-state index contributed by atoms with van der Waals surface area (Å²) in [6.45, 7) is 2.50. The van der Waals surface area contributed by atoms with E-state index in [9.17, 15) is 9.59 Å². The lowest BCUT2D eigenvalue weighted by Crippen LogP contribution is -2.33. The number of thioether (sulfide) groups is 1. The summed E-state index contributed by atoms with van der Waals surface area (Å²) >= 11 is 1.43. The third kappa shape index (κ3) is 2.67. The lowest BCUT2D eigenvalue weighted by molar-refractivity contribution is -0.140. The maximum Gasteiger partial charge on any atom is 0.239 e. The molecule has 1 heterocycles. The van der Waals surface area contributed by atoms with Gasteiger partial charge in [-0.25, -0.2) is 0 Å². The number of carbonyl (C=O) groups excluding carboxylic acids is 2. The highest BCUT2D eigenvalue weighted by molar-refractivity contribution is 8.00. The topological polar surface area (TPSA) is 63.4 Å². The van der Waals surface area contributed by atoms with Crippen molar-refractivity contribution in [2.75, 3.05) is 18.0 Å². The number of nitrogens with two attached hydrogens (primary N) is 1. The predicted molar refractivity (Wildman–Crippen MR) is 72.3 cm³/mol. The van der Waals surface area contributed by atoms with Crippen LogP contribution in [0.4, 0.5) is 5.69 Å². The number of benzene rings is 1. The number of likely N-dealkylation sites (tertiary alicyclic amines) is 1. The second kappa shape index (κ2) is 5.44. The van der Waals surface area contributed by atoms with E-state index in [1.165, 1.54) is 16.7 Å². The molecule has 0 unspecified atom stereocenters. The fourth-order valence-electron chi connectivity index (χ4n) is 1.92. The number of anilines is 1. The standard InChI is InChI=1S/C13H16N2O2S/c1-9-10(14)4-2-5-11(9)18-8-13(17)15-7-3-6-12(15)16/h2,4-5H,3,6-8,14H2,1H3. The fourth-order valence-corrected chi connectivity index (χ4v) is 2.86. The van der Waals surface area contributed by atoms with Crippen molar-refractivity contribution in [2.24, 2.45) is 0 Å². The molecule has 0 aliphatic carbocycles. The lowest BCUT2D eigenvalue weighted by atomic mass is 10.2. The van der Waals surface area contributed by atoms with E-state index >= 15 is 0 Å². The number of rotatable bonds is 3. The molecule has 0 saturated carbocycles. The van der Waals surface area contributed by atoms with Crippen LogP contribution in [-0.4, -0.2) is 29.0 Å². The van der Waals surface area contributed by atoms with E-state index in [0.29, 0.717) is 13.0 Å².